The summed E-state index contributed by atoms with van der Waals surface area (Å²) in [7, 11) is 0. The van der Waals surface area contributed by atoms with Crippen molar-refractivity contribution >= 4 is 40.0 Å². The fourth-order valence-corrected chi connectivity index (χ4v) is 3.27. The predicted octanol–water partition coefficient (Wildman–Crippen LogP) is 3.98. The van der Waals surface area contributed by atoms with Gasteiger partial charge in [0.15, 0.2) is 5.75 Å². The molecule has 0 amide bonds. The summed E-state index contributed by atoms with van der Waals surface area (Å²) in [4.78, 5) is 36.3. The van der Waals surface area contributed by atoms with Crippen molar-refractivity contribution in [3.63, 3.8) is 0 Å². The minimum absolute atomic E-state index is 0.0743. The van der Waals surface area contributed by atoms with Crippen LogP contribution in [0.1, 0.15) is 33.3 Å². The first kappa shape index (κ1) is 18.7. The fourth-order valence-electron chi connectivity index (χ4n) is 3.27. The average molecular weight is 394 g/mol. The van der Waals surface area contributed by atoms with E-state index in [1.807, 2.05) is 19.9 Å². The van der Waals surface area contributed by atoms with E-state index in [2.05, 4.69) is 0 Å². The maximum absolute atomic E-state index is 13.3. The van der Waals surface area contributed by atoms with Gasteiger partial charge < -0.3 is 18.6 Å². The van der Waals surface area contributed by atoms with Crippen molar-refractivity contribution < 1.29 is 28.2 Å². The Kier molecular flexibility index (Phi) is 4.19. The van der Waals surface area contributed by atoms with E-state index in [0.29, 0.717) is 16.9 Å². The molecule has 0 saturated heterocycles. The molecule has 2 aromatic carbocycles. The molecule has 0 spiro atoms. The number of carbonyl (C=O) groups excluding carboxylic acids is 2. The first-order valence-corrected chi connectivity index (χ1v) is 8.97. The summed E-state index contributed by atoms with van der Waals surface area (Å²) in [6.07, 6.45) is 3.57. The van der Waals surface area contributed by atoms with Gasteiger partial charge in [-0.2, -0.15) is 0 Å². The van der Waals surface area contributed by atoms with Gasteiger partial charge in [-0.05, 0) is 44.2 Å². The van der Waals surface area contributed by atoms with Gasteiger partial charge >= 0.3 is 11.9 Å². The molecule has 0 fully saturated rings. The van der Waals surface area contributed by atoms with Crippen LogP contribution < -0.4 is 19.6 Å². The average Bonchev–Trinajstić information content (AvgIpc) is 2.60. The van der Waals surface area contributed by atoms with Crippen LogP contribution in [-0.2, 0) is 9.59 Å². The molecule has 1 aromatic heterocycles. The summed E-state index contributed by atoms with van der Waals surface area (Å²) in [6.45, 7) is 6.29. The zero-order chi connectivity index (χ0) is 20.9. The van der Waals surface area contributed by atoms with E-state index < -0.39 is 23.0 Å². The van der Waals surface area contributed by atoms with Crippen molar-refractivity contribution in [3.8, 4) is 17.2 Å². The van der Waals surface area contributed by atoms with Crippen molar-refractivity contribution in [2.45, 2.75) is 33.3 Å². The lowest BCUT2D eigenvalue weighted by Crippen LogP contribution is -2.28. The van der Waals surface area contributed by atoms with Crippen molar-refractivity contribution in [1.82, 2.24) is 0 Å². The molecule has 0 aliphatic carbocycles. The number of esters is 2. The van der Waals surface area contributed by atoms with Gasteiger partial charge in [-0.3, -0.25) is 14.4 Å². The molecule has 7 heteroatoms. The monoisotopic (exact) mass is 394 g/mol. The highest BCUT2D eigenvalue weighted by atomic mass is 16.5. The molecule has 0 radical (unpaired) electrons. The number of hydrogen-bond donors (Lipinski definition) is 0. The zero-order valence-electron chi connectivity index (χ0n) is 16.3. The van der Waals surface area contributed by atoms with E-state index in [-0.39, 0.29) is 27.9 Å². The van der Waals surface area contributed by atoms with Gasteiger partial charge in [0.2, 0.25) is 5.43 Å². The highest BCUT2D eigenvalue weighted by Crippen LogP contribution is 2.42. The van der Waals surface area contributed by atoms with Crippen LogP contribution in [0.15, 0.2) is 39.6 Å². The molecular weight excluding hydrogens is 376 g/mol. The van der Waals surface area contributed by atoms with E-state index >= 15 is 0 Å². The first-order chi connectivity index (χ1) is 13.6. The Labute approximate surface area is 165 Å². The minimum atomic E-state index is -0.578. The molecule has 29 heavy (non-hydrogen) atoms. The molecule has 0 atom stereocenters. The van der Waals surface area contributed by atoms with Gasteiger partial charge in [-0.15, -0.1) is 0 Å². The first-order valence-electron chi connectivity index (χ1n) is 8.97. The second-order valence-corrected chi connectivity index (χ2v) is 7.31. The van der Waals surface area contributed by atoms with Gasteiger partial charge in [0.05, 0.1) is 10.9 Å². The van der Waals surface area contributed by atoms with E-state index in [0.717, 1.165) is 0 Å². The summed E-state index contributed by atoms with van der Waals surface area (Å²) in [6, 6.07) is 6.12. The Morgan fingerprint density at radius 1 is 1.00 bits per heavy atom. The predicted molar refractivity (Wildman–Crippen MR) is 106 cm³/mol. The molecule has 0 bridgehead atoms. The Balaban J connectivity index is 2.07. The Morgan fingerprint density at radius 2 is 1.72 bits per heavy atom. The van der Waals surface area contributed by atoms with E-state index in [1.165, 1.54) is 26.0 Å². The molecular formula is C22H18O7. The summed E-state index contributed by atoms with van der Waals surface area (Å²) in [5.74, 6) is -0.348. The number of rotatable bonds is 2. The summed E-state index contributed by atoms with van der Waals surface area (Å²) < 4.78 is 22.3. The van der Waals surface area contributed by atoms with Gasteiger partial charge in [-0.25, -0.2) is 0 Å². The summed E-state index contributed by atoms with van der Waals surface area (Å²) in [5.41, 5.74) is 0.0356. The minimum Gasteiger partial charge on any atom is -0.483 e. The van der Waals surface area contributed by atoms with Crippen LogP contribution >= 0.6 is 0 Å². The van der Waals surface area contributed by atoms with Crippen LogP contribution in [0.2, 0.25) is 0 Å². The number of fused-ring (bicyclic) bond motifs is 3. The normalized spacial score (nSPS) is 14.3. The molecule has 7 nitrogen and oxygen atoms in total. The van der Waals surface area contributed by atoms with Gasteiger partial charge in [-0.1, -0.05) is 0 Å². The lowest BCUT2D eigenvalue weighted by Gasteiger charge is -2.28. The Bertz CT molecular complexity index is 1280. The largest absolute Gasteiger partial charge is 0.483 e. The summed E-state index contributed by atoms with van der Waals surface area (Å²) >= 11 is 0. The van der Waals surface area contributed by atoms with E-state index in [1.54, 1.807) is 18.2 Å². The quantitative estimate of drug-likeness (QED) is 0.369. The van der Waals surface area contributed by atoms with Crippen LogP contribution in [0.5, 0.6) is 17.2 Å². The summed E-state index contributed by atoms with van der Waals surface area (Å²) in [5, 5.41) is 0.310. The molecule has 1 aliphatic rings. The molecule has 1 aliphatic heterocycles. The Morgan fingerprint density at radius 3 is 2.41 bits per heavy atom. The van der Waals surface area contributed by atoms with Crippen LogP contribution in [0.3, 0.4) is 0 Å². The standard InChI is InChI=1S/C22H18O7/c1-11(23)26-13-5-6-16-15(9-13)20(25)19-18(28-16)10-17-14(21(19)27-12(2)24)7-8-22(3,4)29-17/h5-10H,1-4H3. The van der Waals surface area contributed by atoms with Crippen molar-refractivity contribution in [2.75, 3.05) is 0 Å². The number of ether oxygens (including phenoxy) is 3. The van der Waals surface area contributed by atoms with Crippen LogP contribution in [-0.4, -0.2) is 17.5 Å². The highest BCUT2D eigenvalue weighted by Gasteiger charge is 2.28. The fraction of sp³-hybridized carbons (Fsp3) is 0.227. The molecule has 2 heterocycles. The SMILES string of the molecule is CC(=O)Oc1ccc2oc3cc4c(c(OC(C)=O)c3c(=O)c2c1)C=CC(C)(C)O4. The molecule has 0 N–H and O–H groups in total. The van der Waals surface area contributed by atoms with Crippen LogP contribution in [0, 0.1) is 0 Å². The van der Waals surface area contributed by atoms with Crippen molar-refractivity contribution in [3.05, 3.63) is 46.1 Å². The van der Waals surface area contributed by atoms with Crippen LogP contribution in [0.4, 0.5) is 0 Å². The molecule has 0 saturated carbocycles. The number of hydrogen-bond acceptors (Lipinski definition) is 7. The highest BCUT2D eigenvalue weighted by molar-refractivity contribution is 5.98. The molecule has 0 unspecified atom stereocenters. The smallest absolute Gasteiger partial charge is 0.308 e. The second kappa shape index (κ2) is 6.48. The van der Waals surface area contributed by atoms with E-state index in [9.17, 15) is 14.4 Å². The number of carbonyl (C=O) groups is 2. The van der Waals surface area contributed by atoms with Gasteiger partial charge in [0, 0.05) is 19.9 Å². The molecule has 4 rings (SSSR count). The van der Waals surface area contributed by atoms with Gasteiger partial charge in [0.1, 0.15) is 33.7 Å². The van der Waals surface area contributed by atoms with Crippen molar-refractivity contribution in [1.29, 1.82) is 0 Å². The van der Waals surface area contributed by atoms with Crippen LogP contribution in [0.25, 0.3) is 28.0 Å². The van der Waals surface area contributed by atoms with Crippen molar-refractivity contribution in [2.24, 2.45) is 0 Å². The maximum atomic E-state index is 13.3. The maximum Gasteiger partial charge on any atom is 0.308 e. The van der Waals surface area contributed by atoms with E-state index in [4.69, 9.17) is 18.6 Å². The lowest BCUT2D eigenvalue weighted by molar-refractivity contribution is -0.132. The molecule has 3 aromatic rings. The molecule has 148 valence electrons. The Hall–Kier alpha value is -3.61. The third kappa shape index (κ3) is 3.35. The van der Waals surface area contributed by atoms with Gasteiger partial charge in [0.25, 0.3) is 0 Å². The zero-order valence-corrected chi connectivity index (χ0v) is 16.3. The topological polar surface area (TPSA) is 92.0 Å². The third-order valence-electron chi connectivity index (χ3n) is 4.42. The third-order valence-corrected chi connectivity index (χ3v) is 4.42. The number of benzene rings is 2. The second-order valence-electron chi connectivity index (χ2n) is 7.31. The lowest BCUT2D eigenvalue weighted by atomic mass is 9.99.